The number of thioether (sulfide) groups is 1. The van der Waals surface area contributed by atoms with E-state index < -0.39 is 5.97 Å². The highest BCUT2D eigenvalue weighted by molar-refractivity contribution is 7.99. The number of hydrogen-bond donors (Lipinski definition) is 1. The fourth-order valence-electron chi connectivity index (χ4n) is 3.31. The van der Waals surface area contributed by atoms with E-state index in [0.717, 1.165) is 38.1 Å². The zero-order valence-electron chi connectivity index (χ0n) is 16.7. The summed E-state index contributed by atoms with van der Waals surface area (Å²) in [6.07, 6.45) is 4.20. The first kappa shape index (κ1) is 21.1. The molecule has 0 unspecified atom stereocenters. The first-order valence-corrected chi connectivity index (χ1v) is 10.6. The SMILES string of the molecule is CCOC(=O)c1c(NC(=O)CSc2nnc3n2CCCCC3)oc(C)c1C(C)=O. The lowest BCUT2D eigenvalue weighted by molar-refractivity contribution is -0.113. The number of carbonyl (C=O) groups excluding carboxylic acids is 3. The normalized spacial score (nSPS) is 13.5. The minimum atomic E-state index is -0.708. The second-order valence-electron chi connectivity index (χ2n) is 6.71. The molecule has 0 bridgehead atoms. The van der Waals surface area contributed by atoms with Gasteiger partial charge in [0.2, 0.25) is 11.8 Å². The van der Waals surface area contributed by atoms with Crippen LogP contribution in [0.15, 0.2) is 9.57 Å². The van der Waals surface area contributed by atoms with Crippen molar-refractivity contribution in [1.29, 1.82) is 0 Å². The molecule has 0 saturated carbocycles. The van der Waals surface area contributed by atoms with E-state index in [-0.39, 0.29) is 46.8 Å². The first-order chi connectivity index (χ1) is 13.9. The Labute approximate surface area is 172 Å². The van der Waals surface area contributed by atoms with Crippen LogP contribution < -0.4 is 5.32 Å². The summed E-state index contributed by atoms with van der Waals surface area (Å²) < 4.78 is 12.6. The number of aromatic nitrogens is 3. The summed E-state index contributed by atoms with van der Waals surface area (Å²) in [7, 11) is 0. The van der Waals surface area contributed by atoms with E-state index >= 15 is 0 Å². The monoisotopic (exact) mass is 420 g/mol. The van der Waals surface area contributed by atoms with E-state index in [4.69, 9.17) is 9.15 Å². The Kier molecular flexibility index (Phi) is 6.73. The van der Waals surface area contributed by atoms with Crippen LogP contribution in [0.5, 0.6) is 0 Å². The Morgan fingerprint density at radius 3 is 2.72 bits per heavy atom. The molecule has 0 fully saturated rings. The number of nitrogens with one attached hydrogen (secondary N) is 1. The fourth-order valence-corrected chi connectivity index (χ4v) is 4.10. The Morgan fingerprint density at radius 2 is 2.00 bits per heavy atom. The molecule has 1 N–H and O–H groups in total. The molecule has 2 aromatic rings. The van der Waals surface area contributed by atoms with Crippen molar-refractivity contribution in [3.63, 3.8) is 0 Å². The maximum atomic E-state index is 12.5. The molecule has 1 amide bonds. The van der Waals surface area contributed by atoms with E-state index in [1.165, 1.54) is 18.7 Å². The summed E-state index contributed by atoms with van der Waals surface area (Å²) in [4.78, 5) is 36.7. The average molecular weight is 420 g/mol. The molecule has 0 radical (unpaired) electrons. The zero-order valence-corrected chi connectivity index (χ0v) is 17.6. The highest BCUT2D eigenvalue weighted by Crippen LogP contribution is 2.29. The molecule has 1 aliphatic heterocycles. The number of anilines is 1. The van der Waals surface area contributed by atoms with Crippen molar-refractivity contribution in [2.45, 2.75) is 58.2 Å². The van der Waals surface area contributed by atoms with Crippen LogP contribution in [0.1, 0.15) is 65.4 Å². The molecule has 156 valence electrons. The molecular weight excluding hydrogens is 396 g/mol. The Bertz CT molecular complexity index is 933. The van der Waals surface area contributed by atoms with Crippen molar-refractivity contribution in [1.82, 2.24) is 14.8 Å². The lowest BCUT2D eigenvalue weighted by Crippen LogP contribution is -2.18. The number of hydrogen-bond acceptors (Lipinski definition) is 8. The molecule has 3 heterocycles. The summed E-state index contributed by atoms with van der Waals surface area (Å²) in [5.41, 5.74) is 0.0701. The fraction of sp³-hybridized carbons (Fsp3) is 0.526. The molecule has 1 aliphatic rings. The zero-order chi connectivity index (χ0) is 21.0. The van der Waals surface area contributed by atoms with Crippen LogP contribution in [0, 0.1) is 6.92 Å². The summed E-state index contributed by atoms with van der Waals surface area (Å²) >= 11 is 1.27. The van der Waals surface area contributed by atoms with Gasteiger partial charge < -0.3 is 13.7 Å². The predicted molar refractivity (Wildman–Crippen MR) is 106 cm³/mol. The largest absolute Gasteiger partial charge is 0.462 e. The van der Waals surface area contributed by atoms with E-state index in [1.54, 1.807) is 13.8 Å². The highest BCUT2D eigenvalue weighted by atomic mass is 32.2. The molecule has 3 rings (SSSR count). The van der Waals surface area contributed by atoms with Gasteiger partial charge in [-0.2, -0.15) is 0 Å². The third-order valence-corrected chi connectivity index (χ3v) is 5.54. The molecular formula is C19H24N4O5S. The molecule has 0 aliphatic carbocycles. The molecule has 10 heteroatoms. The van der Waals surface area contributed by atoms with Crippen molar-refractivity contribution in [2.75, 3.05) is 17.7 Å². The van der Waals surface area contributed by atoms with Crippen molar-refractivity contribution in [2.24, 2.45) is 0 Å². The Balaban J connectivity index is 1.73. The molecule has 0 atom stereocenters. The number of rotatable bonds is 7. The molecule has 0 saturated heterocycles. The van der Waals surface area contributed by atoms with Gasteiger partial charge in [0, 0.05) is 13.0 Å². The number of nitrogens with zero attached hydrogens (tertiary/aromatic N) is 3. The van der Waals surface area contributed by atoms with E-state index in [2.05, 4.69) is 20.1 Å². The second kappa shape index (κ2) is 9.25. The van der Waals surface area contributed by atoms with E-state index in [9.17, 15) is 14.4 Å². The van der Waals surface area contributed by atoms with Gasteiger partial charge in [-0.15, -0.1) is 10.2 Å². The van der Waals surface area contributed by atoms with Crippen LogP contribution in [0.4, 0.5) is 5.88 Å². The van der Waals surface area contributed by atoms with E-state index in [1.807, 2.05) is 0 Å². The van der Waals surface area contributed by atoms with Gasteiger partial charge in [-0.25, -0.2) is 4.79 Å². The number of carbonyl (C=O) groups is 3. The van der Waals surface area contributed by atoms with Gasteiger partial charge in [0.25, 0.3) is 0 Å². The molecule has 0 aromatic carbocycles. The topological polar surface area (TPSA) is 116 Å². The molecule has 2 aromatic heterocycles. The lowest BCUT2D eigenvalue weighted by atomic mass is 10.1. The Morgan fingerprint density at radius 1 is 1.21 bits per heavy atom. The summed E-state index contributed by atoms with van der Waals surface area (Å²) in [6, 6.07) is 0. The summed E-state index contributed by atoms with van der Waals surface area (Å²) in [5.74, 6) is -0.230. The quantitative estimate of drug-likeness (QED) is 0.413. The van der Waals surface area contributed by atoms with Crippen molar-refractivity contribution in [3.05, 3.63) is 22.7 Å². The lowest BCUT2D eigenvalue weighted by Gasteiger charge is -2.07. The van der Waals surface area contributed by atoms with Gasteiger partial charge in [0.05, 0.1) is 17.9 Å². The minimum absolute atomic E-state index is 0.0495. The van der Waals surface area contributed by atoms with Crippen molar-refractivity contribution >= 4 is 35.3 Å². The van der Waals surface area contributed by atoms with Gasteiger partial charge in [0.1, 0.15) is 17.1 Å². The maximum absolute atomic E-state index is 12.5. The van der Waals surface area contributed by atoms with Gasteiger partial charge in [-0.1, -0.05) is 18.2 Å². The second-order valence-corrected chi connectivity index (χ2v) is 7.65. The number of ketones is 1. The van der Waals surface area contributed by atoms with E-state index in [0.29, 0.717) is 5.16 Å². The molecule has 29 heavy (non-hydrogen) atoms. The number of Topliss-reactive ketones (excluding diaryl/α,β-unsaturated/α-hetero) is 1. The number of ether oxygens (including phenoxy) is 1. The first-order valence-electron chi connectivity index (χ1n) is 9.58. The minimum Gasteiger partial charge on any atom is -0.462 e. The van der Waals surface area contributed by atoms with Gasteiger partial charge >= 0.3 is 5.97 Å². The average Bonchev–Trinajstić information content (AvgIpc) is 3.11. The van der Waals surface area contributed by atoms with Gasteiger partial charge in [0.15, 0.2) is 10.9 Å². The Hall–Kier alpha value is -2.62. The standard InChI is InChI=1S/C19H24N4O5S/c1-4-27-18(26)16-15(11(2)24)12(3)28-17(16)20-14(25)10-29-19-22-21-13-8-6-5-7-9-23(13)19/h4-10H2,1-3H3,(H,20,25). The predicted octanol–water partition coefficient (Wildman–Crippen LogP) is 3.02. The van der Waals surface area contributed by atoms with Crippen LogP contribution in [0.25, 0.3) is 0 Å². The maximum Gasteiger partial charge on any atom is 0.344 e. The van der Waals surface area contributed by atoms with Crippen LogP contribution in [0.2, 0.25) is 0 Å². The highest BCUT2D eigenvalue weighted by Gasteiger charge is 2.29. The molecule has 0 spiro atoms. The third kappa shape index (κ3) is 4.69. The van der Waals surface area contributed by atoms with Crippen molar-refractivity contribution in [3.8, 4) is 0 Å². The number of fused-ring (bicyclic) bond motifs is 1. The van der Waals surface area contributed by atoms with Crippen molar-refractivity contribution < 1.29 is 23.5 Å². The summed E-state index contributed by atoms with van der Waals surface area (Å²) in [6.45, 7) is 5.54. The van der Waals surface area contributed by atoms with Crippen LogP contribution >= 0.6 is 11.8 Å². The van der Waals surface area contributed by atoms with Gasteiger partial charge in [-0.05, 0) is 33.6 Å². The van der Waals surface area contributed by atoms with Crippen LogP contribution in [0.3, 0.4) is 0 Å². The summed E-state index contributed by atoms with van der Waals surface area (Å²) in [5, 5.41) is 11.7. The number of esters is 1. The number of furan rings is 1. The number of amides is 1. The smallest absolute Gasteiger partial charge is 0.344 e. The van der Waals surface area contributed by atoms with Crippen LogP contribution in [-0.2, 0) is 22.5 Å². The third-order valence-electron chi connectivity index (χ3n) is 4.58. The van der Waals surface area contributed by atoms with Gasteiger partial charge in [-0.3, -0.25) is 14.9 Å². The number of aryl methyl sites for hydroxylation is 2. The molecule has 9 nitrogen and oxygen atoms in total. The van der Waals surface area contributed by atoms with Crippen LogP contribution in [-0.4, -0.2) is 44.8 Å².